The van der Waals surface area contributed by atoms with Crippen LogP contribution < -0.4 is 14.3 Å². The van der Waals surface area contributed by atoms with Crippen LogP contribution in [0.25, 0.3) is 10.2 Å². The smallest absolute Gasteiger partial charge is 0.307 e. The molecule has 0 spiro atoms. The van der Waals surface area contributed by atoms with Gasteiger partial charge >= 0.3 is 5.97 Å². The molecule has 3 aromatic rings. The highest BCUT2D eigenvalue weighted by Gasteiger charge is 2.36. The molecule has 0 saturated carbocycles. The van der Waals surface area contributed by atoms with Gasteiger partial charge in [-0.2, -0.15) is 4.99 Å². The minimum Gasteiger partial charge on any atom is -0.469 e. The van der Waals surface area contributed by atoms with Crippen LogP contribution in [-0.2, 0) is 20.9 Å². The van der Waals surface area contributed by atoms with Crippen molar-refractivity contribution in [3.8, 4) is 11.5 Å². The molecule has 33 heavy (non-hydrogen) atoms. The minimum atomic E-state index is -0.664. The predicted octanol–water partition coefficient (Wildman–Crippen LogP) is 1.72. The summed E-state index contributed by atoms with van der Waals surface area (Å²) in [7, 11) is 1.30. The van der Waals surface area contributed by atoms with Crippen molar-refractivity contribution < 1.29 is 33.4 Å². The van der Waals surface area contributed by atoms with E-state index in [1.807, 2.05) is 0 Å². The topological polar surface area (TPSA) is 116 Å². The third-order valence-corrected chi connectivity index (χ3v) is 6.38. The highest BCUT2D eigenvalue weighted by molar-refractivity contribution is 7.16. The molecule has 2 aliphatic heterocycles. The lowest BCUT2D eigenvalue weighted by molar-refractivity contribution is -0.140. The summed E-state index contributed by atoms with van der Waals surface area (Å²) in [6.45, 7) is -0.156. The van der Waals surface area contributed by atoms with E-state index < -0.39 is 30.2 Å². The Morgan fingerprint density at radius 3 is 2.42 bits per heavy atom. The van der Waals surface area contributed by atoms with E-state index in [4.69, 9.17) is 14.2 Å². The van der Waals surface area contributed by atoms with E-state index in [9.17, 15) is 19.2 Å². The van der Waals surface area contributed by atoms with Crippen LogP contribution in [0.2, 0.25) is 0 Å². The summed E-state index contributed by atoms with van der Waals surface area (Å²) in [6.07, 6.45) is 0.0660. The summed E-state index contributed by atoms with van der Waals surface area (Å²) < 4.78 is 18.1. The van der Waals surface area contributed by atoms with Gasteiger partial charge in [0.05, 0.1) is 34.9 Å². The van der Waals surface area contributed by atoms with Gasteiger partial charge in [-0.15, -0.1) is 0 Å². The van der Waals surface area contributed by atoms with Gasteiger partial charge in [0.1, 0.15) is 6.54 Å². The normalized spacial score (nSPS) is 14.8. The summed E-state index contributed by atoms with van der Waals surface area (Å²) in [5.41, 5.74) is 1.24. The van der Waals surface area contributed by atoms with E-state index in [1.54, 1.807) is 41.0 Å². The number of hydrogen-bond acceptors (Lipinski definition) is 8. The van der Waals surface area contributed by atoms with Crippen molar-refractivity contribution >= 4 is 45.2 Å². The first-order chi connectivity index (χ1) is 16.0. The Labute approximate surface area is 190 Å². The quantitative estimate of drug-likeness (QED) is 0.414. The average molecular weight is 467 g/mol. The molecule has 0 aliphatic carbocycles. The molecule has 0 bridgehead atoms. The van der Waals surface area contributed by atoms with Gasteiger partial charge in [-0.1, -0.05) is 23.5 Å². The van der Waals surface area contributed by atoms with Crippen LogP contribution in [0, 0.1) is 0 Å². The Bertz CT molecular complexity index is 1370. The van der Waals surface area contributed by atoms with Crippen LogP contribution >= 0.6 is 11.3 Å². The first-order valence-electron chi connectivity index (χ1n) is 9.99. The molecule has 0 unspecified atom stereocenters. The maximum Gasteiger partial charge on any atom is 0.307 e. The van der Waals surface area contributed by atoms with Crippen molar-refractivity contribution in [1.29, 1.82) is 0 Å². The van der Waals surface area contributed by atoms with Gasteiger partial charge < -0.3 is 18.8 Å². The second kappa shape index (κ2) is 8.17. The number of aryl methyl sites for hydroxylation is 1. The third-order valence-electron chi connectivity index (χ3n) is 5.34. The van der Waals surface area contributed by atoms with E-state index in [0.29, 0.717) is 21.8 Å². The molecule has 0 atom stereocenters. The van der Waals surface area contributed by atoms with Crippen molar-refractivity contribution in [3.63, 3.8) is 0 Å². The Kier molecular flexibility index (Phi) is 5.17. The number of thiazole rings is 1. The van der Waals surface area contributed by atoms with Gasteiger partial charge in [-0.25, -0.2) is 0 Å². The Morgan fingerprint density at radius 1 is 1.09 bits per heavy atom. The number of aromatic nitrogens is 1. The monoisotopic (exact) mass is 467 g/mol. The van der Waals surface area contributed by atoms with Crippen molar-refractivity contribution in [2.75, 3.05) is 20.4 Å². The summed E-state index contributed by atoms with van der Waals surface area (Å²) in [5, 5.41) is 0. The zero-order valence-electron chi connectivity index (χ0n) is 17.4. The highest BCUT2D eigenvalue weighted by Crippen LogP contribution is 2.37. The predicted molar refractivity (Wildman–Crippen MR) is 115 cm³/mol. The number of carbonyl (C=O) groups excluding carboxylic acids is 4. The summed E-state index contributed by atoms with van der Waals surface area (Å²) in [4.78, 5) is 55.0. The van der Waals surface area contributed by atoms with Crippen molar-refractivity contribution in [3.05, 3.63) is 52.3 Å². The number of rotatable bonds is 5. The zero-order valence-corrected chi connectivity index (χ0v) is 18.2. The number of amides is 3. The fourth-order valence-corrected chi connectivity index (χ4v) is 4.81. The van der Waals surface area contributed by atoms with Crippen LogP contribution in [0.3, 0.4) is 0 Å². The maximum absolute atomic E-state index is 12.8. The SMILES string of the molecule is COC(=O)CCn1c(=NC(=O)CN2C(=O)c3ccccc3C2=O)sc2cc3c(cc21)OCO3. The number of nitrogens with zero attached hydrogens (tertiary/aromatic N) is 3. The molecule has 2 aliphatic rings. The first-order valence-corrected chi connectivity index (χ1v) is 10.8. The Morgan fingerprint density at radius 2 is 1.76 bits per heavy atom. The summed E-state index contributed by atoms with van der Waals surface area (Å²) in [5.74, 6) is -1.00. The Hall–Kier alpha value is -3.99. The van der Waals surface area contributed by atoms with Gasteiger partial charge in [0.25, 0.3) is 17.7 Å². The van der Waals surface area contributed by atoms with Crippen LogP contribution in [0.4, 0.5) is 0 Å². The molecule has 11 heteroatoms. The molecule has 0 fully saturated rings. The lowest BCUT2D eigenvalue weighted by Gasteiger charge is -2.10. The molecule has 0 saturated heterocycles. The second-order valence-corrected chi connectivity index (χ2v) is 8.29. The molecule has 2 aromatic carbocycles. The van der Waals surface area contributed by atoms with Gasteiger partial charge in [-0.05, 0) is 12.1 Å². The van der Waals surface area contributed by atoms with Crippen LogP contribution in [-0.4, -0.2) is 53.6 Å². The molecule has 5 rings (SSSR count). The molecule has 0 N–H and O–H groups in total. The van der Waals surface area contributed by atoms with Crippen LogP contribution in [0.5, 0.6) is 11.5 Å². The van der Waals surface area contributed by atoms with Gasteiger partial charge in [0, 0.05) is 18.7 Å². The standard InChI is InChI=1S/C22H17N3O7S/c1-30-19(27)6-7-24-14-8-15-16(32-11-31-15)9-17(14)33-22(24)23-18(26)10-25-20(28)12-4-2-3-5-13(12)21(25)29/h2-5,8-9H,6-7,10-11H2,1H3. The maximum atomic E-state index is 12.8. The van der Waals surface area contributed by atoms with Crippen molar-refractivity contribution in [1.82, 2.24) is 9.47 Å². The molecule has 10 nitrogen and oxygen atoms in total. The summed E-state index contributed by atoms with van der Waals surface area (Å²) >= 11 is 1.22. The lowest BCUT2D eigenvalue weighted by Crippen LogP contribution is -2.35. The van der Waals surface area contributed by atoms with Gasteiger partial charge in [0.2, 0.25) is 6.79 Å². The highest BCUT2D eigenvalue weighted by atomic mass is 32.1. The molecule has 3 amide bonds. The molecular formula is C22H17N3O7S. The zero-order chi connectivity index (χ0) is 23.1. The van der Waals surface area contributed by atoms with E-state index in [2.05, 4.69) is 4.99 Å². The number of ether oxygens (including phenoxy) is 3. The summed E-state index contributed by atoms with van der Waals surface area (Å²) in [6, 6.07) is 9.96. The van der Waals surface area contributed by atoms with E-state index in [0.717, 1.165) is 9.60 Å². The first kappa shape index (κ1) is 20.9. The molecule has 0 radical (unpaired) electrons. The number of methoxy groups -OCH3 is 1. The van der Waals surface area contributed by atoms with E-state index in [1.165, 1.54) is 18.4 Å². The van der Waals surface area contributed by atoms with Crippen LogP contribution in [0.15, 0.2) is 41.4 Å². The molecule has 168 valence electrons. The van der Waals surface area contributed by atoms with Gasteiger partial charge in [0.15, 0.2) is 16.3 Å². The fourth-order valence-electron chi connectivity index (χ4n) is 3.73. The largest absolute Gasteiger partial charge is 0.469 e. The molecule has 1 aromatic heterocycles. The number of esters is 1. The van der Waals surface area contributed by atoms with Crippen molar-refractivity contribution in [2.45, 2.75) is 13.0 Å². The Balaban J connectivity index is 1.48. The van der Waals surface area contributed by atoms with Gasteiger partial charge in [-0.3, -0.25) is 24.1 Å². The lowest BCUT2D eigenvalue weighted by atomic mass is 10.1. The van der Waals surface area contributed by atoms with E-state index >= 15 is 0 Å². The van der Waals surface area contributed by atoms with E-state index in [-0.39, 0.29) is 30.9 Å². The number of hydrogen-bond donors (Lipinski definition) is 0. The number of fused-ring (bicyclic) bond motifs is 3. The minimum absolute atomic E-state index is 0.0660. The third kappa shape index (κ3) is 3.65. The number of carbonyl (C=O) groups is 4. The molecular weight excluding hydrogens is 450 g/mol. The molecule has 3 heterocycles. The second-order valence-electron chi connectivity index (χ2n) is 7.28. The fraction of sp³-hybridized carbons (Fsp3) is 0.227. The average Bonchev–Trinajstić information content (AvgIpc) is 3.47. The number of imide groups is 1. The van der Waals surface area contributed by atoms with Crippen LogP contribution in [0.1, 0.15) is 27.1 Å². The number of benzene rings is 2. The van der Waals surface area contributed by atoms with Crippen molar-refractivity contribution in [2.24, 2.45) is 4.99 Å².